The summed E-state index contributed by atoms with van der Waals surface area (Å²) in [5.74, 6) is 0.795. The summed E-state index contributed by atoms with van der Waals surface area (Å²) in [6.45, 7) is 0. The molecule has 23 heavy (non-hydrogen) atoms. The van der Waals surface area contributed by atoms with Crippen LogP contribution in [0.25, 0.3) is 0 Å². The van der Waals surface area contributed by atoms with Crippen molar-refractivity contribution in [2.24, 2.45) is 0 Å². The lowest BCUT2D eigenvalue weighted by atomic mass is 10.3. The fraction of sp³-hybridized carbons (Fsp3) is 0.0714. The van der Waals surface area contributed by atoms with Crippen LogP contribution >= 0.6 is 23.1 Å². The van der Waals surface area contributed by atoms with E-state index in [1.165, 1.54) is 23.1 Å². The molecule has 2 aromatic heterocycles. The van der Waals surface area contributed by atoms with Crippen LogP contribution in [0, 0.1) is 11.3 Å². The highest BCUT2D eigenvalue weighted by molar-refractivity contribution is 8.01. The van der Waals surface area contributed by atoms with Crippen molar-refractivity contribution in [3.63, 3.8) is 0 Å². The summed E-state index contributed by atoms with van der Waals surface area (Å²) in [6, 6.07) is 12.8. The predicted octanol–water partition coefficient (Wildman–Crippen LogP) is 3.10. The summed E-state index contributed by atoms with van der Waals surface area (Å²) in [7, 11) is 1.63. The van der Waals surface area contributed by atoms with E-state index in [9.17, 15) is 0 Å². The molecule has 0 amide bonds. The molecule has 3 aromatic rings. The number of hydrogen-bond donors (Lipinski definition) is 1. The molecule has 7 nitrogen and oxygen atoms in total. The standard InChI is InChI=1S/C14H10N6OS2/c1-21-11-5-2-9(3-6-11)16-13-19-20-14(23-13)22-12-7-4-10(8-15)17-18-12/h2-7H,1H3,(H,16,19). The first-order chi connectivity index (χ1) is 11.3. The van der Waals surface area contributed by atoms with Gasteiger partial charge in [-0.15, -0.1) is 20.4 Å². The van der Waals surface area contributed by atoms with Gasteiger partial charge in [0.15, 0.2) is 10.0 Å². The Morgan fingerprint density at radius 2 is 1.91 bits per heavy atom. The zero-order valence-electron chi connectivity index (χ0n) is 11.9. The fourth-order valence-corrected chi connectivity index (χ4v) is 3.26. The Morgan fingerprint density at radius 3 is 2.57 bits per heavy atom. The molecule has 2 heterocycles. The van der Waals surface area contributed by atoms with E-state index in [0.717, 1.165) is 15.8 Å². The molecule has 0 atom stereocenters. The average Bonchev–Trinajstić information content (AvgIpc) is 3.03. The highest BCUT2D eigenvalue weighted by atomic mass is 32.2. The molecule has 0 aliphatic rings. The summed E-state index contributed by atoms with van der Waals surface area (Å²) in [6.07, 6.45) is 0. The first kappa shape index (κ1) is 15.2. The van der Waals surface area contributed by atoms with Gasteiger partial charge in [0, 0.05) is 5.69 Å². The predicted molar refractivity (Wildman–Crippen MR) is 87.1 cm³/mol. The maximum Gasteiger partial charge on any atom is 0.210 e. The Morgan fingerprint density at radius 1 is 1.09 bits per heavy atom. The Kier molecular flexibility index (Phi) is 4.65. The number of rotatable bonds is 5. The summed E-state index contributed by atoms with van der Waals surface area (Å²) >= 11 is 2.75. The molecular formula is C14H10N6OS2. The number of hydrogen-bond acceptors (Lipinski definition) is 9. The van der Waals surface area contributed by atoms with Gasteiger partial charge in [-0.2, -0.15) is 5.26 Å². The van der Waals surface area contributed by atoms with Gasteiger partial charge in [-0.3, -0.25) is 0 Å². The van der Waals surface area contributed by atoms with E-state index >= 15 is 0 Å². The number of anilines is 2. The van der Waals surface area contributed by atoms with Crippen LogP contribution in [-0.2, 0) is 0 Å². The van der Waals surface area contributed by atoms with Crippen molar-refractivity contribution in [2.45, 2.75) is 9.37 Å². The monoisotopic (exact) mass is 342 g/mol. The van der Waals surface area contributed by atoms with Crippen molar-refractivity contribution in [1.82, 2.24) is 20.4 Å². The van der Waals surface area contributed by atoms with E-state index in [2.05, 4.69) is 25.7 Å². The Balaban J connectivity index is 1.66. The maximum absolute atomic E-state index is 8.70. The van der Waals surface area contributed by atoms with Gasteiger partial charge in [-0.25, -0.2) is 0 Å². The number of methoxy groups -OCH3 is 1. The van der Waals surface area contributed by atoms with Crippen LogP contribution in [0.3, 0.4) is 0 Å². The Labute approximate surface area is 140 Å². The van der Waals surface area contributed by atoms with Gasteiger partial charge in [0.1, 0.15) is 16.8 Å². The van der Waals surface area contributed by atoms with Crippen molar-refractivity contribution in [1.29, 1.82) is 5.26 Å². The third-order valence-electron chi connectivity index (χ3n) is 2.69. The van der Waals surface area contributed by atoms with Gasteiger partial charge in [0.2, 0.25) is 5.13 Å². The van der Waals surface area contributed by atoms with E-state index in [4.69, 9.17) is 10.00 Å². The summed E-state index contributed by atoms with van der Waals surface area (Å²) in [5.41, 5.74) is 1.19. The number of nitriles is 1. The van der Waals surface area contributed by atoms with Gasteiger partial charge in [-0.1, -0.05) is 11.3 Å². The molecule has 0 spiro atoms. The molecule has 1 N–H and O–H groups in total. The van der Waals surface area contributed by atoms with Gasteiger partial charge >= 0.3 is 0 Å². The van der Waals surface area contributed by atoms with Crippen LogP contribution in [0.15, 0.2) is 45.8 Å². The van der Waals surface area contributed by atoms with Gasteiger partial charge in [0.25, 0.3) is 0 Å². The SMILES string of the molecule is COc1ccc(Nc2nnc(Sc3ccc(C#N)nn3)s2)cc1. The molecule has 0 fully saturated rings. The van der Waals surface area contributed by atoms with Crippen molar-refractivity contribution in [3.8, 4) is 11.8 Å². The minimum atomic E-state index is 0.286. The van der Waals surface area contributed by atoms with E-state index in [1.807, 2.05) is 30.3 Å². The molecule has 1 aromatic carbocycles. The second kappa shape index (κ2) is 7.04. The van der Waals surface area contributed by atoms with Crippen LogP contribution in [0.4, 0.5) is 10.8 Å². The number of aromatic nitrogens is 4. The first-order valence-electron chi connectivity index (χ1n) is 6.43. The summed E-state index contributed by atoms with van der Waals surface area (Å²) < 4.78 is 5.85. The van der Waals surface area contributed by atoms with E-state index in [-0.39, 0.29) is 5.69 Å². The summed E-state index contributed by atoms with van der Waals surface area (Å²) in [4.78, 5) is 0. The summed E-state index contributed by atoms with van der Waals surface area (Å²) in [5, 5.41) is 29.1. The van der Waals surface area contributed by atoms with E-state index in [0.29, 0.717) is 10.2 Å². The molecule has 0 radical (unpaired) electrons. The molecule has 0 saturated heterocycles. The number of benzene rings is 1. The third kappa shape index (κ3) is 3.94. The lowest BCUT2D eigenvalue weighted by Gasteiger charge is -2.03. The molecule has 0 saturated carbocycles. The minimum absolute atomic E-state index is 0.286. The molecule has 0 aliphatic carbocycles. The molecule has 9 heteroatoms. The quantitative estimate of drug-likeness (QED) is 0.755. The lowest BCUT2D eigenvalue weighted by Crippen LogP contribution is -1.89. The van der Waals surface area contributed by atoms with Gasteiger partial charge < -0.3 is 10.1 Å². The van der Waals surface area contributed by atoms with E-state index < -0.39 is 0 Å². The van der Waals surface area contributed by atoms with Crippen LogP contribution in [0.1, 0.15) is 5.69 Å². The molecule has 3 rings (SSSR count). The molecular weight excluding hydrogens is 332 g/mol. The normalized spacial score (nSPS) is 10.1. The zero-order valence-corrected chi connectivity index (χ0v) is 13.6. The lowest BCUT2D eigenvalue weighted by molar-refractivity contribution is 0.415. The average molecular weight is 342 g/mol. The number of ether oxygens (including phenoxy) is 1. The fourth-order valence-electron chi connectivity index (χ4n) is 1.62. The van der Waals surface area contributed by atoms with Crippen LogP contribution in [0.2, 0.25) is 0 Å². The van der Waals surface area contributed by atoms with E-state index in [1.54, 1.807) is 19.2 Å². The van der Waals surface area contributed by atoms with Gasteiger partial charge in [-0.05, 0) is 48.2 Å². The van der Waals surface area contributed by atoms with Crippen LogP contribution < -0.4 is 10.1 Å². The van der Waals surface area contributed by atoms with Gasteiger partial charge in [0.05, 0.1) is 7.11 Å². The first-order valence-corrected chi connectivity index (χ1v) is 8.06. The Bertz CT molecular complexity index is 826. The highest BCUT2D eigenvalue weighted by Gasteiger charge is 2.08. The van der Waals surface area contributed by atoms with Crippen molar-refractivity contribution < 1.29 is 4.74 Å². The van der Waals surface area contributed by atoms with Crippen LogP contribution in [-0.4, -0.2) is 27.5 Å². The van der Waals surface area contributed by atoms with Crippen molar-refractivity contribution >= 4 is 33.9 Å². The zero-order chi connectivity index (χ0) is 16.1. The maximum atomic E-state index is 8.70. The molecule has 114 valence electrons. The number of nitrogens with zero attached hydrogens (tertiary/aromatic N) is 5. The second-order valence-corrected chi connectivity index (χ2v) is 6.44. The van der Waals surface area contributed by atoms with Crippen molar-refractivity contribution in [2.75, 3.05) is 12.4 Å². The smallest absolute Gasteiger partial charge is 0.210 e. The minimum Gasteiger partial charge on any atom is -0.497 e. The second-order valence-electron chi connectivity index (χ2n) is 4.20. The number of nitrogens with one attached hydrogen (secondary N) is 1. The molecule has 0 unspecified atom stereocenters. The highest BCUT2D eigenvalue weighted by Crippen LogP contribution is 2.31. The third-order valence-corrected chi connectivity index (χ3v) is 4.51. The largest absolute Gasteiger partial charge is 0.497 e. The topological polar surface area (TPSA) is 96.6 Å². The molecule has 0 aliphatic heterocycles. The molecule has 0 bridgehead atoms. The Hall–Kier alpha value is -2.70. The van der Waals surface area contributed by atoms with Crippen LogP contribution in [0.5, 0.6) is 5.75 Å². The van der Waals surface area contributed by atoms with Crippen molar-refractivity contribution in [3.05, 3.63) is 42.1 Å².